The molecule has 29 heavy (non-hydrogen) atoms. The van der Waals surface area contributed by atoms with Gasteiger partial charge in [-0.1, -0.05) is 42.5 Å². The molecule has 1 aliphatic heterocycles. The van der Waals surface area contributed by atoms with Crippen molar-refractivity contribution in [1.29, 1.82) is 0 Å². The maximum atomic E-state index is 12.8. The molecule has 0 saturated carbocycles. The topological polar surface area (TPSA) is 87.7 Å². The summed E-state index contributed by atoms with van der Waals surface area (Å²) in [5.74, 6) is -2.12. The fourth-order valence-corrected chi connectivity index (χ4v) is 2.92. The highest BCUT2D eigenvalue weighted by Crippen LogP contribution is 2.31. The first-order valence-electron chi connectivity index (χ1n) is 8.44. The number of alkyl halides is 3. The van der Waals surface area contributed by atoms with Crippen molar-refractivity contribution in [3.8, 4) is 5.75 Å². The number of imide groups is 1. The van der Waals surface area contributed by atoms with Gasteiger partial charge in [-0.15, -0.1) is 13.2 Å². The second-order valence-electron chi connectivity index (χ2n) is 6.40. The number of amides is 4. The van der Waals surface area contributed by atoms with Gasteiger partial charge in [0, 0.05) is 0 Å². The van der Waals surface area contributed by atoms with E-state index in [1.807, 2.05) is 0 Å². The summed E-state index contributed by atoms with van der Waals surface area (Å²) in [6.45, 7) is 0.834. The molecule has 0 spiro atoms. The van der Waals surface area contributed by atoms with Gasteiger partial charge in [0.05, 0.1) is 5.69 Å². The zero-order valence-electron chi connectivity index (χ0n) is 15.1. The fourth-order valence-electron chi connectivity index (χ4n) is 2.92. The maximum Gasteiger partial charge on any atom is 0.573 e. The van der Waals surface area contributed by atoms with Crippen molar-refractivity contribution < 1.29 is 32.3 Å². The number of nitrogens with one attached hydrogen (secondary N) is 2. The van der Waals surface area contributed by atoms with Crippen LogP contribution in [0.2, 0.25) is 0 Å². The molecule has 4 amide bonds. The Kier molecular flexibility index (Phi) is 5.19. The van der Waals surface area contributed by atoms with E-state index >= 15 is 0 Å². The predicted molar refractivity (Wildman–Crippen MR) is 95.8 cm³/mol. The lowest BCUT2D eigenvalue weighted by atomic mass is 9.92. The number of hydrogen-bond donors (Lipinski definition) is 2. The molecule has 0 bridgehead atoms. The summed E-state index contributed by atoms with van der Waals surface area (Å²) >= 11 is 0. The summed E-state index contributed by atoms with van der Waals surface area (Å²) in [5, 5.41) is 4.77. The highest BCUT2D eigenvalue weighted by Gasteiger charge is 2.49. The number of ether oxygens (including phenoxy) is 1. The van der Waals surface area contributed by atoms with Crippen molar-refractivity contribution in [2.75, 3.05) is 11.9 Å². The monoisotopic (exact) mass is 407 g/mol. The Morgan fingerprint density at radius 2 is 1.72 bits per heavy atom. The number of hydrogen-bond acceptors (Lipinski definition) is 4. The Balaban J connectivity index is 1.74. The third-order valence-electron chi connectivity index (χ3n) is 4.31. The van der Waals surface area contributed by atoms with Crippen molar-refractivity contribution in [2.45, 2.75) is 18.8 Å². The van der Waals surface area contributed by atoms with Gasteiger partial charge in [0.2, 0.25) is 5.91 Å². The van der Waals surface area contributed by atoms with Gasteiger partial charge >= 0.3 is 12.4 Å². The van der Waals surface area contributed by atoms with Crippen LogP contribution in [0.25, 0.3) is 0 Å². The zero-order chi connectivity index (χ0) is 21.2. The maximum absolute atomic E-state index is 12.8. The quantitative estimate of drug-likeness (QED) is 0.746. The first-order valence-corrected chi connectivity index (χ1v) is 8.44. The molecule has 10 heteroatoms. The number of urea groups is 1. The van der Waals surface area contributed by atoms with Crippen molar-refractivity contribution in [2.24, 2.45) is 0 Å². The van der Waals surface area contributed by atoms with Gasteiger partial charge in [0.15, 0.2) is 5.75 Å². The molecule has 152 valence electrons. The van der Waals surface area contributed by atoms with Gasteiger partial charge in [0.25, 0.3) is 5.91 Å². The smallest absolute Gasteiger partial charge is 0.404 e. The largest absolute Gasteiger partial charge is 0.573 e. The summed E-state index contributed by atoms with van der Waals surface area (Å²) in [6.07, 6.45) is -4.94. The summed E-state index contributed by atoms with van der Waals surface area (Å²) in [6, 6.07) is 12.6. The van der Waals surface area contributed by atoms with Crippen LogP contribution in [-0.4, -0.2) is 35.7 Å². The van der Waals surface area contributed by atoms with E-state index in [4.69, 9.17) is 0 Å². The number of halogens is 3. The molecule has 3 rings (SSSR count). The minimum absolute atomic E-state index is 0.243. The van der Waals surface area contributed by atoms with E-state index in [1.54, 1.807) is 30.3 Å². The highest BCUT2D eigenvalue weighted by atomic mass is 19.4. The molecule has 1 aliphatic rings. The molecule has 2 aromatic carbocycles. The van der Waals surface area contributed by atoms with E-state index in [1.165, 1.54) is 25.1 Å². The van der Waals surface area contributed by atoms with Crippen LogP contribution in [0.3, 0.4) is 0 Å². The average molecular weight is 407 g/mol. The fraction of sp³-hybridized carbons (Fsp3) is 0.211. The Hall–Kier alpha value is -3.56. The molecule has 0 aromatic heterocycles. The van der Waals surface area contributed by atoms with E-state index < -0.39 is 42.0 Å². The van der Waals surface area contributed by atoms with Crippen LogP contribution in [0.1, 0.15) is 12.5 Å². The van der Waals surface area contributed by atoms with Crippen LogP contribution < -0.4 is 15.4 Å². The molecule has 2 N–H and O–H groups in total. The Morgan fingerprint density at radius 1 is 1.10 bits per heavy atom. The van der Waals surface area contributed by atoms with E-state index in [2.05, 4.69) is 15.4 Å². The number of anilines is 1. The normalized spacial score (nSPS) is 19.1. The molecule has 1 fully saturated rings. The first-order chi connectivity index (χ1) is 13.6. The number of carbonyl (C=O) groups is 3. The average Bonchev–Trinajstić information content (AvgIpc) is 2.87. The molecule has 1 atom stereocenters. The number of rotatable bonds is 5. The summed E-state index contributed by atoms with van der Waals surface area (Å²) in [5.41, 5.74) is -1.06. The van der Waals surface area contributed by atoms with Crippen LogP contribution in [0, 0.1) is 0 Å². The van der Waals surface area contributed by atoms with Crippen LogP contribution in [0.15, 0.2) is 54.6 Å². The predicted octanol–water partition coefficient (Wildman–Crippen LogP) is 2.99. The van der Waals surface area contributed by atoms with E-state index in [9.17, 15) is 27.6 Å². The van der Waals surface area contributed by atoms with Gasteiger partial charge < -0.3 is 15.4 Å². The van der Waals surface area contributed by atoms with E-state index in [-0.39, 0.29) is 5.69 Å². The molecule has 1 saturated heterocycles. The molecular formula is C19H16F3N3O4. The molecule has 0 aliphatic carbocycles. The SMILES string of the molecule is CC1(c2ccccc2)NC(=O)N(CC(=O)Nc2ccccc2OC(F)(F)F)C1=O. The van der Waals surface area contributed by atoms with Crippen LogP contribution in [0.5, 0.6) is 5.75 Å². The van der Waals surface area contributed by atoms with Crippen molar-refractivity contribution in [3.63, 3.8) is 0 Å². The number of benzene rings is 2. The van der Waals surface area contributed by atoms with Gasteiger partial charge in [0.1, 0.15) is 12.1 Å². The van der Waals surface area contributed by atoms with Crippen LogP contribution in [0.4, 0.5) is 23.7 Å². The zero-order valence-corrected chi connectivity index (χ0v) is 15.1. The van der Waals surface area contributed by atoms with E-state index in [0.29, 0.717) is 10.5 Å². The second kappa shape index (κ2) is 7.46. The van der Waals surface area contributed by atoms with E-state index in [0.717, 1.165) is 6.07 Å². The van der Waals surface area contributed by atoms with Crippen LogP contribution in [-0.2, 0) is 15.1 Å². The molecule has 0 radical (unpaired) electrons. The number of nitrogens with zero attached hydrogens (tertiary/aromatic N) is 1. The lowest BCUT2D eigenvalue weighted by molar-refractivity contribution is -0.274. The third-order valence-corrected chi connectivity index (χ3v) is 4.31. The van der Waals surface area contributed by atoms with Gasteiger partial charge in [-0.25, -0.2) is 4.79 Å². The molecular weight excluding hydrogens is 391 g/mol. The summed E-state index contributed by atoms with van der Waals surface area (Å²) in [4.78, 5) is 38.0. The standard InChI is InChI=1S/C19H16F3N3O4/c1-18(12-7-3-2-4-8-12)16(27)25(17(28)24-18)11-15(26)23-13-9-5-6-10-14(13)29-19(20,21)22/h2-10H,11H2,1H3,(H,23,26)(H,24,28). The molecule has 1 unspecified atom stereocenters. The second-order valence-corrected chi connectivity index (χ2v) is 6.40. The Bertz CT molecular complexity index is 949. The van der Waals surface area contributed by atoms with Crippen molar-refractivity contribution in [3.05, 3.63) is 60.2 Å². The summed E-state index contributed by atoms with van der Waals surface area (Å²) < 4.78 is 41.3. The number of para-hydroxylation sites is 2. The Labute approximate surface area is 163 Å². The third kappa shape index (κ3) is 4.31. The minimum atomic E-state index is -4.94. The van der Waals surface area contributed by atoms with Gasteiger partial charge in [-0.2, -0.15) is 0 Å². The van der Waals surface area contributed by atoms with Crippen molar-refractivity contribution in [1.82, 2.24) is 10.2 Å². The molecule has 7 nitrogen and oxygen atoms in total. The van der Waals surface area contributed by atoms with Gasteiger partial charge in [-0.05, 0) is 24.6 Å². The van der Waals surface area contributed by atoms with Gasteiger partial charge in [-0.3, -0.25) is 14.5 Å². The Morgan fingerprint density at radius 3 is 2.38 bits per heavy atom. The molecule has 1 heterocycles. The van der Waals surface area contributed by atoms with Crippen LogP contribution >= 0.6 is 0 Å². The minimum Gasteiger partial charge on any atom is -0.404 e. The number of carbonyl (C=O) groups excluding carboxylic acids is 3. The van der Waals surface area contributed by atoms with Crippen molar-refractivity contribution >= 4 is 23.5 Å². The highest BCUT2D eigenvalue weighted by molar-refractivity contribution is 6.10. The molecule has 2 aromatic rings. The lowest BCUT2D eigenvalue weighted by Crippen LogP contribution is -2.42. The lowest BCUT2D eigenvalue weighted by Gasteiger charge is -2.22. The summed E-state index contributed by atoms with van der Waals surface area (Å²) in [7, 11) is 0. The first kappa shape index (κ1) is 20.2.